The van der Waals surface area contributed by atoms with Crippen LogP contribution in [0.4, 0.5) is 0 Å². The first-order chi connectivity index (χ1) is 7.34. The SMILES string of the molecule is CN1C2CCC1CC(N1CCNCC1)C2.Cl.Cl.Cl. The molecule has 0 amide bonds. The number of piperidine rings is 1. The summed E-state index contributed by atoms with van der Waals surface area (Å²) < 4.78 is 0. The molecule has 2 unspecified atom stereocenters. The summed E-state index contributed by atoms with van der Waals surface area (Å²) in [7, 11) is 2.33. The molecule has 3 rings (SSSR count). The lowest BCUT2D eigenvalue weighted by Crippen LogP contribution is -2.54. The van der Waals surface area contributed by atoms with Gasteiger partial charge in [0.1, 0.15) is 0 Å². The number of hydrogen-bond acceptors (Lipinski definition) is 3. The second kappa shape index (κ2) is 8.13. The van der Waals surface area contributed by atoms with Crippen LogP contribution in [0.25, 0.3) is 0 Å². The Bertz CT molecular complexity index is 223. The molecule has 3 fully saturated rings. The second-order valence-corrected chi connectivity index (χ2v) is 5.46. The lowest BCUT2D eigenvalue weighted by atomic mass is 9.96. The zero-order chi connectivity index (χ0) is 10.3. The molecule has 0 saturated carbocycles. The molecular weight excluding hydrogens is 293 g/mol. The van der Waals surface area contributed by atoms with E-state index in [0.29, 0.717) is 0 Å². The molecular formula is C12H26Cl3N3. The van der Waals surface area contributed by atoms with Crippen molar-refractivity contribution >= 4 is 37.2 Å². The van der Waals surface area contributed by atoms with Crippen molar-refractivity contribution in [3.05, 3.63) is 0 Å². The van der Waals surface area contributed by atoms with Crippen LogP contribution in [0, 0.1) is 0 Å². The molecule has 2 bridgehead atoms. The molecule has 3 aliphatic heterocycles. The molecule has 0 aromatic heterocycles. The largest absolute Gasteiger partial charge is 0.314 e. The molecule has 0 aromatic carbocycles. The molecule has 0 spiro atoms. The van der Waals surface area contributed by atoms with Crippen LogP contribution in [0.1, 0.15) is 25.7 Å². The highest BCUT2D eigenvalue weighted by Gasteiger charge is 2.40. The van der Waals surface area contributed by atoms with Gasteiger partial charge in [0.25, 0.3) is 0 Å². The molecule has 3 nitrogen and oxygen atoms in total. The van der Waals surface area contributed by atoms with Gasteiger partial charge in [0.2, 0.25) is 0 Å². The fraction of sp³-hybridized carbons (Fsp3) is 1.00. The molecule has 18 heavy (non-hydrogen) atoms. The summed E-state index contributed by atoms with van der Waals surface area (Å²) in [5.74, 6) is 0. The van der Waals surface area contributed by atoms with Gasteiger partial charge in [0.05, 0.1) is 0 Å². The van der Waals surface area contributed by atoms with E-state index < -0.39 is 0 Å². The zero-order valence-electron chi connectivity index (χ0n) is 11.0. The van der Waals surface area contributed by atoms with E-state index >= 15 is 0 Å². The van der Waals surface area contributed by atoms with Crippen molar-refractivity contribution < 1.29 is 0 Å². The molecule has 0 radical (unpaired) electrons. The maximum atomic E-state index is 3.45. The number of piperazine rings is 1. The summed E-state index contributed by atoms with van der Waals surface area (Å²) in [5.41, 5.74) is 0. The standard InChI is InChI=1S/C12H23N3.3ClH/c1-14-10-2-3-11(14)9-12(8-10)15-6-4-13-5-7-15;;;/h10-13H,2-9H2,1H3;3*1H. The number of fused-ring (bicyclic) bond motifs is 2. The topological polar surface area (TPSA) is 18.5 Å². The first-order valence-electron chi connectivity index (χ1n) is 6.51. The molecule has 2 atom stereocenters. The highest BCUT2D eigenvalue weighted by molar-refractivity contribution is 5.86. The van der Waals surface area contributed by atoms with Gasteiger partial charge in [-0.1, -0.05) is 0 Å². The van der Waals surface area contributed by atoms with E-state index in [0.717, 1.165) is 18.1 Å². The maximum absolute atomic E-state index is 3.45. The Hall–Kier alpha value is 0.750. The normalized spacial score (nSPS) is 36.2. The minimum atomic E-state index is 0. The van der Waals surface area contributed by atoms with Gasteiger partial charge in [-0.2, -0.15) is 0 Å². The van der Waals surface area contributed by atoms with Crippen molar-refractivity contribution in [2.45, 2.75) is 43.8 Å². The molecule has 110 valence electrons. The first-order valence-corrected chi connectivity index (χ1v) is 6.51. The molecule has 0 aromatic rings. The van der Waals surface area contributed by atoms with E-state index in [-0.39, 0.29) is 37.2 Å². The number of halogens is 3. The quantitative estimate of drug-likeness (QED) is 0.795. The highest BCUT2D eigenvalue weighted by Crippen LogP contribution is 2.36. The van der Waals surface area contributed by atoms with Crippen molar-refractivity contribution in [1.29, 1.82) is 0 Å². The Morgan fingerprint density at radius 2 is 1.33 bits per heavy atom. The fourth-order valence-electron chi connectivity index (χ4n) is 3.73. The van der Waals surface area contributed by atoms with Crippen molar-refractivity contribution in [2.75, 3.05) is 33.2 Å². The van der Waals surface area contributed by atoms with Gasteiger partial charge >= 0.3 is 0 Å². The summed E-state index contributed by atoms with van der Waals surface area (Å²) in [6.45, 7) is 4.94. The van der Waals surface area contributed by atoms with Gasteiger partial charge in [0, 0.05) is 44.3 Å². The van der Waals surface area contributed by atoms with Crippen LogP contribution in [0.15, 0.2) is 0 Å². The van der Waals surface area contributed by atoms with Crippen LogP contribution in [-0.2, 0) is 0 Å². The predicted molar refractivity (Wildman–Crippen MR) is 83.8 cm³/mol. The van der Waals surface area contributed by atoms with E-state index in [4.69, 9.17) is 0 Å². The van der Waals surface area contributed by atoms with Crippen LogP contribution >= 0.6 is 37.2 Å². The van der Waals surface area contributed by atoms with Gasteiger partial charge in [0.15, 0.2) is 0 Å². The van der Waals surface area contributed by atoms with E-state index in [1.807, 2.05) is 0 Å². The maximum Gasteiger partial charge on any atom is 0.0126 e. The minimum absolute atomic E-state index is 0. The van der Waals surface area contributed by atoms with Crippen molar-refractivity contribution in [2.24, 2.45) is 0 Å². The van der Waals surface area contributed by atoms with Crippen molar-refractivity contribution in [1.82, 2.24) is 15.1 Å². The Kier molecular flexibility index (Phi) is 8.47. The molecule has 3 saturated heterocycles. The van der Waals surface area contributed by atoms with E-state index in [2.05, 4.69) is 22.2 Å². The van der Waals surface area contributed by atoms with Gasteiger partial charge < -0.3 is 10.2 Å². The third-order valence-electron chi connectivity index (χ3n) is 4.74. The van der Waals surface area contributed by atoms with Crippen LogP contribution in [-0.4, -0.2) is 61.2 Å². The fourth-order valence-corrected chi connectivity index (χ4v) is 3.73. The lowest BCUT2D eigenvalue weighted by Gasteiger charge is -2.43. The summed E-state index contributed by atoms with van der Waals surface area (Å²) in [5, 5.41) is 3.45. The van der Waals surface area contributed by atoms with Crippen molar-refractivity contribution in [3.8, 4) is 0 Å². The lowest BCUT2D eigenvalue weighted by molar-refractivity contribution is 0.0680. The van der Waals surface area contributed by atoms with Crippen LogP contribution < -0.4 is 5.32 Å². The van der Waals surface area contributed by atoms with Gasteiger partial charge in [-0.3, -0.25) is 4.90 Å². The Morgan fingerprint density at radius 3 is 1.83 bits per heavy atom. The zero-order valence-corrected chi connectivity index (χ0v) is 13.5. The second-order valence-electron chi connectivity index (χ2n) is 5.46. The molecule has 1 N–H and O–H groups in total. The number of nitrogens with zero attached hydrogens (tertiary/aromatic N) is 2. The predicted octanol–water partition coefficient (Wildman–Crippen LogP) is 1.78. The molecule has 3 aliphatic rings. The first kappa shape index (κ1) is 18.8. The summed E-state index contributed by atoms with van der Waals surface area (Å²) >= 11 is 0. The number of nitrogens with one attached hydrogen (secondary N) is 1. The van der Waals surface area contributed by atoms with Gasteiger partial charge in [-0.15, -0.1) is 37.2 Å². The van der Waals surface area contributed by atoms with Crippen molar-refractivity contribution in [3.63, 3.8) is 0 Å². The smallest absolute Gasteiger partial charge is 0.0126 e. The highest BCUT2D eigenvalue weighted by atomic mass is 35.5. The Labute approximate surface area is 129 Å². The summed E-state index contributed by atoms with van der Waals surface area (Å²) in [4.78, 5) is 5.37. The van der Waals surface area contributed by atoms with E-state index in [1.165, 1.54) is 51.9 Å². The van der Waals surface area contributed by atoms with Gasteiger partial charge in [-0.25, -0.2) is 0 Å². The third kappa shape index (κ3) is 3.65. The summed E-state index contributed by atoms with van der Waals surface area (Å²) in [6, 6.07) is 2.67. The molecule has 3 heterocycles. The average molecular weight is 319 g/mol. The summed E-state index contributed by atoms with van der Waals surface area (Å²) in [6.07, 6.45) is 5.74. The molecule has 0 aliphatic carbocycles. The average Bonchev–Trinajstić information content (AvgIpc) is 2.54. The van der Waals surface area contributed by atoms with E-state index in [1.54, 1.807) is 0 Å². The van der Waals surface area contributed by atoms with Gasteiger partial charge in [-0.05, 0) is 32.7 Å². The van der Waals surface area contributed by atoms with E-state index in [9.17, 15) is 0 Å². The third-order valence-corrected chi connectivity index (χ3v) is 4.74. The van der Waals surface area contributed by atoms with Crippen LogP contribution in [0.5, 0.6) is 0 Å². The Balaban J connectivity index is 0.000000963. The van der Waals surface area contributed by atoms with Crippen LogP contribution in [0.3, 0.4) is 0 Å². The molecule has 6 heteroatoms. The monoisotopic (exact) mass is 317 g/mol. The Morgan fingerprint density at radius 1 is 0.833 bits per heavy atom. The number of rotatable bonds is 1. The van der Waals surface area contributed by atoms with Crippen LogP contribution in [0.2, 0.25) is 0 Å². The minimum Gasteiger partial charge on any atom is -0.314 e. The number of hydrogen-bond donors (Lipinski definition) is 1.